The van der Waals surface area contributed by atoms with Crippen molar-refractivity contribution in [3.63, 3.8) is 0 Å². The fourth-order valence-electron chi connectivity index (χ4n) is 1.63. The molecule has 0 aliphatic rings. The van der Waals surface area contributed by atoms with Crippen molar-refractivity contribution in [2.75, 3.05) is 12.4 Å². The quantitative estimate of drug-likeness (QED) is 0.766. The molecule has 4 nitrogen and oxygen atoms in total. The molecule has 0 aromatic heterocycles. The van der Waals surface area contributed by atoms with E-state index in [1.807, 2.05) is 0 Å². The highest BCUT2D eigenvalue weighted by Crippen LogP contribution is 2.19. The highest BCUT2D eigenvalue weighted by Gasteiger charge is 2.27. The summed E-state index contributed by atoms with van der Waals surface area (Å²) in [5, 5.41) is 18.7. The first-order chi connectivity index (χ1) is 8.38. The molecule has 1 aromatic rings. The molecule has 6 heteroatoms. The van der Waals surface area contributed by atoms with Crippen LogP contribution in [0.5, 0.6) is 0 Å². The fraction of sp³-hybridized carbons (Fsp3) is 0.500. The number of aliphatic hydroxyl groups excluding tert-OH is 2. The van der Waals surface area contributed by atoms with Crippen molar-refractivity contribution in [3.05, 3.63) is 30.3 Å². The Kier molecular flexibility index (Phi) is 5.78. The lowest BCUT2D eigenvalue weighted by Gasteiger charge is -2.22. The van der Waals surface area contributed by atoms with Crippen LogP contribution in [0.4, 0.5) is 0 Å². The Hall–Kier alpha value is -0.430. The van der Waals surface area contributed by atoms with Crippen molar-refractivity contribution < 1.29 is 18.6 Å². The molecule has 0 saturated heterocycles. The molecular weight excluding hydrogens is 320 g/mol. The largest absolute Gasteiger partial charge is 0.395 e. The van der Waals surface area contributed by atoms with Gasteiger partial charge in [-0.1, -0.05) is 41.1 Å². The molecule has 1 aromatic carbocycles. The van der Waals surface area contributed by atoms with Gasteiger partial charge in [0.25, 0.3) is 0 Å². The number of benzene rings is 1. The third-order valence-corrected chi connectivity index (χ3v) is 5.50. The molecule has 0 saturated carbocycles. The van der Waals surface area contributed by atoms with Gasteiger partial charge in [0.05, 0.1) is 28.2 Å². The Labute approximate surface area is 116 Å². The molecule has 0 spiro atoms. The van der Waals surface area contributed by atoms with E-state index in [9.17, 15) is 13.5 Å². The third-order valence-electron chi connectivity index (χ3n) is 2.71. The Balaban J connectivity index is 2.78. The minimum atomic E-state index is -3.41. The van der Waals surface area contributed by atoms with Gasteiger partial charge in [0.15, 0.2) is 9.84 Å². The van der Waals surface area contributed by atoms with E-state index in [1.165, 1.54) is 12.1 Å². The molecule has 0 aliphatic heterocycles. The number of hydrogen-bond acceptors (Lipinski definition) is 4. The van der Waals surface area contributed by atoms with Crippen LogP contribution in [0.2, 0.25) is 0 Å². The monoisotopic (exact) mass is 336 g/mol. The fourth-order valence-corrected chi connectivity index (χ4v) is 3.81. The maximum atomic E-state index is 12.1. The van der Waals surface area contributed by atoms with E-state index in [2.05, 4.69) is 15.9 Å². The minimum Gasteiger partial charge on any atom is -0.395 e. The Morgan fingerprint density at radius 1 is 1.28 bits per heavy atom. The van der Waals surface area contributed by atoms with E-state index < -0.39 is 26.7 Å². The Morgan fingerprint density at radius 2 is 1.83 bits per heavy atom. The van der Waals surface area contributed by atoms with Crippen molar-refractivity contribution >= 4 is 25.8 Å². The number of sulfone groups is 1. The molecule has 0 radical (unpaired) electrons. The van der Waals surface area contributed by atoms with Crippen molar-refractivity contribution in [1.82, 2.24) is 0 Å². The lowest BCUT2D eigenvalue weighted by atomic mass is 10.0. The molecule has 0 fully saturated rings. The minimum absolute atomic E-state index is 0.153. The third kappa shape index (κ3) is 4.05. The molecular formula is C12H17BrO4S. The lowest BCUT2D eigenvalue weighted by Crippen LogP contribution is -2.34. The maximum absolute atomic E-state index is 12.1. The van der Waals surface area contributed by atoms with Crippen LogP contribution in [0.25, 0.3) is 0 Å². The maximum Gasteiger partial charge on any atom is 0.178 e. The topological polar surface area (TPSA) is 74.6 Å². The van der Waals surface area contributed by atoms with Crippen LogP contribution in [0.1, 0.15) is 6.92 Å². The van der Waals surface area contributed by atoms with Crippen molar-refractivity contribution in [3.8, 4) is 0 Å². The Morgan fingerprint density at radius 3 is 2.33 bits per heavy atom. The number of alkyl halides is 1. The predicted molar refractivity (Wildman–Crippen MR) is 73.5 cm³/mol. The summed E-state index contributed by atoms with van der Waals surface area (Å²) in [4.78, 5) is -0.266. The number of halogens is 1. The Bertz CT molecular complexity index is 460. The highest BCUT2D eigenvalue weighted by molar-refractivity contribution is 9.09. The summed E-state index contributed by atoms with van der Waals surface area (Å²) in [5.74, 6) is -0.618. The molecule has 2 N–H and O–H groups in total. The van der Waals surface area contributed by atoms with Crippen molar-refractivity contribution in [2.24, 2.45) is 5.92 Å². The first kappa shape index (κ1) is 15.6. The molecule has 0 amide bonds. The van der Waals surface area contributed by atoms with Crippen LogP contribution >= 0.6 is 15.9 Å². The van der Waals surface area contributed by atoms with Gasteiger partial charge in [-0.15, -0.1) is 0 Å². The number of rotatable bonds is 6. The molecule has 102 valence electrons. The van der Waals surface area contributed by atoms with E-state index in [-0.39, 0.29) is 17.3 Å². The van der Waals surface area contributed by atoms with Gasteiger partial charge in [-0.25, -0.2) is 8.42 Å². The summed E-state index contributed by atoms with van der Waals surface area (Å²) in [6.45, 7) is 1.41. The van der Waals surface area contributed by atoms with Gasteiger partial charge in [-0.2, -0.15) is 0 Å². The van der Waals surface area contributed by atoms with Crippen molar-refractivity contribution in [2.45, 2.75) is 22.8 Å². The number of hydrogen-bond donors (Lipinski definition) is 2. The highest BCUT2D eigenvalue weighted by atomic mass is 79.9. The second kappa shape index (κ2) is 6.65. The summed E-state index contributed by atoms with van der Waals surface area (Å²) in [7, 11) is -3.41. The van der Waals surface area contributed by atoms with E-state index in [1.54, 1.807) is 25.1 Å². The summed E-state index contributed by atoms with van der Waals surface area (Å²) in [6, 6.07) is 8.14. The van der Waals surface area contributed by atoms with E-state index in [4.69, 9.17) is 5.11 Å². The standard InChI is InChI=1S/C12H17BrO4S/c1-9(12(15)11(13)7-14)8-18(16,17)10-5-3-2-4-6-10/h2-6,9,11-12,14-15H,7-8H2,1H3/t9-,11-,12-/m1/s1. The second-order valence-electron chi connectivity index (χ2n) is 4.26. The summed E-state index contributed by atoms with van der Waals surface area (Å²) >= 11 is 3.11. The van der Waals surface area contributed by atoms with Gasteiger partial charge >= 0.3 is 0 Å². The molecule has 1 rings (SSSR count). The zero-order valence-electron chi connectivity index (χ0n) is 10.0. The first-order valence-electron chi connectivity index (χ1n) is 5.59. The van der Waals surface area contributed by atoms with E-state index in [0.717, 1.165) is 0 Å². The molecule has 0 heterocycles. The zero-order valence-corrected chi connectivity index (χ0v) is 12.4. The SMILES string of the molecule is C[C@H](CS(=O)(=O)c1ccccc1)[C@@H](O)[C@H](Br)CO. The van der Waals surface area contributed by atoms with Gasteiger partial charge in [-0.05, 0) is 18.1 Å². The van der Waals surface area contributed by atoms with Gasteiger partial charge in [0, 0.05) is 0 Å². The summed E-state index contributed by atoms with van der Waals surface area (Å²) in [5.41, 5.74) is 0. The lowest BCUT2D eigenvalue weighted by molar-refractivity contribution is 0.103. The predicted octanol–water partition coefficient (Wildman–Crippen LogP) is 1.21. The van der Waals surface area contributed by atoms with Crippen molar-refractivity contribution in [1.29, 1.82) is 0 Å². The molecule has 0 aliphatic carbocycles. The zero-order chi connectivity index (χ0) is 13.8. The molecule has 18 heavy (non-hydrogen) atoms. The molecule has 0 bridgehead atoms. The van der Waals surface area contributed by atoms with Gasteiger partial charge in [-0.3, -0.25) is 0 Å². The van der Waals surface area contributed by atoms with E-state index in [0.29, 0.717) is 0 Å². The number of aliphatic hydroxyl groups is 2. The molecule has 0 unspecified atom stereocenters. The normalized spacial score (nSPS) is 17.1. The van der Waals surface area contributed by atoms with Gasteiger partial charge in [0.1, 0.15) is 0 Å². The van der Waals surface area contributed by atoms with Gasteiger partial charge in [0.2, 0.25) is 0 Å². The van der Waals surface area contributed by atoms with Crippen LogP contribution < -0.4 is 0 Å². The summed E-state index contributed by atoms with van der Waals surface area (Å²) in [6.07, 6.45) is -0.909. The smallest absolute Gasteiger partial charge is 0.178 e. The van der Waals surface area contributed by atoms with Crippen LogP contribution in [0, 0.1) is 5.92 Å². The van der Waals surface area contributed by atoms with Crippen LogP contribution in [0.3, 0.4) is 0 Å². The van der Waals surface area contributed by atoms with E-state index >= 15 is 0 Å². The van der Waals surface area contributed by atoms with Crippen LogP contribution in [-0.2, 0) is 9.84 Å². The average Bonchev–Trinajstić information content (AvgIpc) is 2.37. The van der Waals surface area contributed by atoms with Gasteiger partial charge < -0.3 is 10.2 Å². The van der Waals surface area contributed by atoms with Crippen LogP contribution in [0.15, 0.2) is 35.2 Å². The average molecular weight is 337 g/mol. The summed E-state index contributed by atoms with van der Waals surface area (Å²) < 4.78 is 24.1. The van der Waals surface area contributed by atoms with Crippen LogP contribution in [-0.4, -0.2) is 41.9 Å². The molecule has 3 atom stereocenters. The first-order valence-corrected chi connectivity index (χ1v) is 8.16. The second-order valence-corrected chi connectivity index (χ2v) is 7.47.